The molecule has 37 heavy (non-hydrogen) atoms. The van der Waals surface area contributed by atoms with Crippen LogP contribution >= 0.6 is 78.8 Å². The van der Waals surface area contributed by atoms with E-state index in [4.69, 9.17) is 4.52 Å². The monoisotopic (exact) mass is 630 g/mol. The maximum Gasteiger partial charge on any atom is 0.296 e. The van der Waals surface area contributed by atoms with Gasteiger partial charge in [0.05, 0.1) is 6.61 Å². The maximum atomic E-state index is 14.0. The lowest BCUT2D eigenvalue weighted by Gasteiger charge is -2.22. The lowest BCUT2D eigenvalue weighted by Crippen LogP contribution is -2.23. The predicted molar refractivity (Wildman–Crippen MR) is 162 cm³/mol. The van der Waals surface area contributed by atoms with Gasteiger partial charge in [-0.2, -0.15) is 0 Å². The Balaban J connectivity index is 1.93. The highest BCUT2D eigenvalue weighted by Crippen LogP contribution is 2.50. The Morgan fingerprint density at radius 2 is 1.62 bits per heavy atom. The largest absolute Gasteiger partial charge is 0.320 e. The van der Waals surface area contributed by atoms with Crippen LogP contribution in [0.3, 0.4) is 0 Å². The van der Waals surface area contributed by atoms with Crippen molar-refractivity contribution in [1.82, 2.24) is 20.4 Å². The summed E-state index contributed by atoms with van der Waals surface area (Å²) in [6, 6.07) is 8.72. The van der Waals surface area contributed by atoms with Gasteiger partial charge < -0.3 is 4.52 Å². The van der Waals surface area contributed by atoms with Crippen LogP contribution in [0.15, 0.2) is 71.0 Å². The Labute approximate surface area is 244 Å². The van der Waals surface area contributed by atoms with Gasteiger partial charge >= 0.3 is 0 Å². The zero-order chi connectivity index (χ0) is 26.8. The minimum absolute atomic E-state index is 0.167. The van der Waals surface area contributed by atoms with Crippen molar-refractivity contribution < 1.29 is 13.9 Å². The third-order valence-corrected chi connectivity index (χ3v) is 12.1. The summed E-state index contributed by atoms with van der Waals surface area (Å²) in [6.07, 6.45) is 4.97. The van der Waals surface area contributed by atoms with Gasteiger partial charge in [0.2, 0.25) is 5.52 Å². The van der Waals surface area contributed by atoms with Crippen LogP contribution in [0.1, 0.15) is 27.2 Å². The first-order chi connectivity index (χ1) is 17.8. The van der Waals surface area contributed by atoms with Crippen molar-refractivity contribution >= 4 is 89.7 Å². The van der Waals surface area contributed by atoms with E-state index in [0.29, 0.717) is 25.5 Å². The molecule has 0 aliphatic heterocycles. The van der Waals surface area contributed by atoms with Gasteiger partial charge in [-0.1, -0.05) is 90.4 Å². The summed E-state index contributed by atoms with van der Waals surface area (Å²) < 4.78 is 22.4. The summed E-state index contributed by atoms with van der Waals surface area (Å²) >= 11 is 14.3. The van der Waals surface area contributed by atoms with Crippen molar-refractivity contribution in [2.75, 3.05) is 18.1 Å². The van der Waals surface area contributed by atoms with Crippen molar-refractivity contribution in [2.45, 2.75) is 44.6 Å². The molecule has 0 saturated carbocycles. The summed E-state index contributed by atoms with van der Waals surface area (Å²) in [5.41, 5.74) is 1.44. The zero-order valence-electron chi connectivity index (χ0n) is 20.4. The van der Waals surface area contributed by atoms with Crippen LogP contribution in [0, 0.1) is 5.92 Å². The van der Waals surface area contributed by atoms with Crippen LogP contribution in [-0.4, -0.2) is 44.0 Å². The number of hydrogen-bond acceptors (Lipinski definition) is 13. The van der Waals surface area contributed by atoms with Crippen LogP contribution in [-0.2, 0) is 13.9 Å². The quantitative estimate of drug-likeness (QED) is 0.0852. The van der Waals surface area contributed by atoms with E-state index in [9.17, 15) is 9.36 Å². The fourth-order valence-electron chi connectivity index (χ4n) is 3.25. The fourth-order valence-corrected chi connectivity index (χ4v) is 9.61. The van der Waals surface area contributed by atoms with Crippen molar-refractivity contribution in [2.24, 2.45) is 5.92 Å². The Morgan fingerprint density at radius 3 is 2.14 bits per heavy atom. The molecule has 7 nitrogen and oxygen atoms in total. The fraction of sp³-hybridized carbons (Fsp3) is 0.348. The summed E-state index contributed by atoms with van der Waals surface area (Å²) in [4.78, 5) is 13.8. The molecule has 0 fully saturated rings. The van der Waals surface area contributed by atoms with Gasteiger partial charge in [0, 0.05) is 22.7 Å². The number of allylic oxidation sites excluding steroid dienone is 2. The molecule has 2 aromatic heterocycles. The molecule has 3 rings (SSSR count). The molecule has 0 saturated heterocycles. The molecule has 0 spiro atoms. The molecule has 2 unspecified atom stereocenters. The average Bonchev–Trinajstić information content (AvgIpc) is 3.51. The molecule has 0 aliphatic rings. The zero-order valence-corrected chi connectivity index (χ0v) is 26.4. The standard InChI is InChI=1S/C23H27N4O3PS6/c1-4-9-16(13-34-22-26-24-20(32)36-22)12-17(14-35-23-27-25-21(33)37-23)15(3)19(28)31(29,30-5-2)18-10-7-6-8-11-18/h6-12,15H,4-5,13-14H2,1-3H3,(H,24,32)(H,25,33)/b16-9+,17-12-. The highest BCUT2D eigenvalue weighted by Gasteiger charge is 2.39. The van der Waals surface area contributed by atoms with E-state index in [1.165, 1.54) is 34.4 Å². The van der Waals surface area contributed by atoms with E-state index in [1.807, 2.05) is 12.1 Å². The summed E-state index contributed by atoms with van der Waals surface area (Å²) in [5.74, 6) is 0.471. The number of nitrogens with zero attached hydrogens (tertiary/aromatic N) is 4. The minimum atomic E-state index is -3.76. The summed E-state index contributed by atoms with van der Waals surface area (Å²) in [6.45, 7) is 5.77. The molecule has 0 aliphatic carbocycles. The lowest BCUT2D eigenvalue weighted by atomic mass is 10.0. The second-order valence-corrected chi connectivity index (χ2v) is 15.7. The Hall–Kier alpha value is -0.920. The normalized spacial score (nSPS) is 14.9. The van der Waals surface area contributed by atoms with E-state index >= 15 is 0 Å². The number of rotatable bonds is 14. The molecule has 0 amide bonds. The number of carbonyl (C=O) groups excluding carboxylic acids is 1. The van der Waals surface area contributed by atoms with E-state index in [2.05, 4.69) is 58.7 Å². The maximum absolute atomic E-state index is 14.0. The number of benzene rings is 1. The number of thiol groups is 2. The lowest BCUT2D eigenvalue weighted by molar-refractivity contribution is -0.114. The first kappa shape index (κ1) is 30.6. The molecule has 2 atom stereocenters. The van der Waals surface area contributed by atoms with Crippen molar-refractivity contribution in [3.63, 3.8) is 0 Å². The summed E-state index contributed by atoms with van der Waals surface area (Å²) in [5, 5.41) is 16.6. The van der Waals surface area contributed by atoms with Crippen LogP contribution in [0.5, 0.6) is 0 Å². The second kappa shape index (κ2) is 15.0. The van der Waals surface area contributed by atoms with Gasteiger partial charge in [0.1, 0.15) is 0 Å². The number of hydrogen-bond donors (Lipinski definition) is 2. The van der Waals surface area contributed by atoms with Gasteiger partial charge in [0.25, 0.3) is 7.37 Å². The van der Waals surface area contributed by atoms with E-state index < -0.39 is 18.8 Å². The molecule has 3 aromatic rings. The third kappa shape index (κ3) is 8.79. The topological polar surface area (TPSA) is 94.9 Å². The highest BCUT2D eigenvalue weighted by molar-refractivity contribution is 8.01. The molecule has 198 valence electrons. The molecule has 14 heteroatoms. The predicted octanol–water partition coefficient (Wildman–Crippen LogP) is 6.92. The van der Waals surface area contributed by atoms with Crippen molar-refractivity contribution in [3.8, 4) is 0 Å². The van der Waals surface area contributed by atoms with Crippen LogP contribution in [0.2, 0.25) is 0 Å². The van der Waals surface area contributed by atoms with Gasteiger partial charge in [-0.15, -0.1) is 45.7 Å². The Bertz CT molecular complexity index is 1290. The average molecular weight is 631 g/mol. The van der Waals surface area contributed by atoms with Gasteiger partial charge in [-0.25, -0.2) is 0 Å². The molecular weight excluding hydrogens is 604 g/mol. The van der Waals surface area contributed by atoms with Crippen molar-refractivity contribution in [3.05, 3.63) is 53.6 Å². The Kier molecular flexibility index (Phi) is 12.4. The molecule has 0 bridgehead atoms. The number of thioether (sulfide) groups is 2. The van der Waals surface area contributed by atoms with Crippen LogP contribution < -0.4 is 5.30 Å². The number of carbonyl (C=O) groups is 1. The second-order valence-electron chi connectivity index (χ2n) is 7.55. The number of aromatic nitrogens is 4. The molecule has 0 N–H and O–H groups in total. The highest BCUT2D eigenvalue weighted by atomic mass is 32.2. The molecule has 2 heterocycles. The molecular formula is C23H27N4O3PS6. The van der Waals surface area contributed by atoms with Gasteiger partial charge in [-0.3, -0.25) is 9.36 Å². The molecule has 1 aromatic carbocycles. The minimum Gasteiger partial charge on any atom is -0.320 e. The van der Waals surface area contributed by atoms with Crippen LogP contribution in [0.4, 0.5) is 0 Å². The smallest absolute Gasteiger partial charge is 0.296 e. The van der Waals surface area contributed by atoms with E-state index in [-0.39, 0.29) is 6.61 Å². The van der Waals surface area contributed by atoms with Gasteiger partial charge in [-0.05, 0) is 36.6 Å². The van der Waals surface area contributed by atoms with Crippen molar-refractivity contribution in [1.29, 1.82) is 0 Å². The summed E-state index contributed by atoms with van der Waals surface area (Å²) in [7, 11) is -3.76. The SMILES string of the molecule is CC/C=C(\C=C(\CSc1nnc(S)s1)C(C)C(=O)P(=O)(OCC)c1ccccc1)CSc1nnc(S)s1. The first-order valence-electron chi connectivity index (χ1n) is 11.3. The van der Waals surface area contributed by atoms with Crippen LogP contribution in [0.25, 0.3) is 0 Å². The van der Waals surface area contributed by atoms with E-state index in [1.54, 1.807) is 49.9 Å². The first-order valence-corrected chi connectivity index (χ1v) is 17.4. The van der Waals surface area contributed by atoms with Gasteiger partial charge in [0.15, 0.2) is 17.4 Å². The van der Waals surface area contributed by atoms with E-state index in [0.717, 1.165) is 26.2 Å². The molecule has 0 radical (unpaired) electrons. The third-order valence-electron chi connectivity index (χ3n) is 4.98. The Morgan fingerprint density at radius 1 is 1.03 bits per heavy atom.